The average Bonchev–Trinajstić information content (AvgIpc) is 3.21. The number of carbonyl (C=O) groups excluding carboxylic acids is 1. The van der Waals surface area contributed by atoms with Crippen LogP contribution in [0.3, 0.4) is 0 Å². The van der Waals surface area contributed by atoms with Gasteiger partial charge in [0.05, 0.1) is 5.71 Å². The summed E-state index contributed by atoms with van der Waals surface area (Å²) in [5.41, 5.74) is 4.04. The molecule has 2 aromatic heterocycles. The predicted molar refractivity (Wildman–Crippen MR) is 110 cm³/mol. The molecule has 30 heavy (non-hydrogen) atoms. The highest BCUT2D eigenvalue weighted by molar-refractivity contribution is 6.16. The van der Waals surface area contributed by atoms with E-state index < -0.39 is 6.17 Å². The molecule has 0 aliphatic carbocycles. The SMILES string of the molecule is O=C1Cc2ccccc2C(c2ccccc2)=NC1Nc1nnc(-c2ccncn2)o1. The molecule has 3 heterocycles. The molecule has 1 N–H and O–H groups in total. The molecule has 0 saturated heterocycles. The molecule has 146 valence electrons. The molecule has 2 aromatic carbocycles. The Kier molecular flexibility index (Phi) is 4.57. The molecule has 0 saturated carbocycles. The first kappa shape index (κ1) is 17.9. The van der Waals surface area contributed by atoms with Gasteiger partial charge in [-0.15, -0.1) is 5.10 Å². The van der Waals surface area contributed by atoms with E-state index in [2.05, 4.69) is 25.5 Å². The van der Waals surface area contributed by atoms with Crippen molar-refractivity contribution in [3.05, 3.63) is 89.9 Å². The first-order chi connectivity index (χ1) is 14.8. The zero-order valence-corrected chi connectivity index (χ0v) is 15.8. The number of nitrogens with one attached hydrogen (secondary N) is 1. The number of ketones is 1. The van der Waals surface area contributed by atoms with Crippen LogP contribution in [-0.2, 0) is 11.2 Å². The van der Waals surface area contributed by atoms with Gasteiger partial charge in [-0.05, 0) is 11.6 Å². The van der Waals surface area contributed by atoms with E-state index in [1.807, 2.05) is 54.6 Å². The lowest BCUT2D eigenvalue weighted by Gasteiger charge is -2.11. The van der Waals surface area contributed by atoms with E-state index in [9.17, 15) is 4.79 Å². The first-order valence-corrected chi connectivity index (χ1v) is 9.38. The molecule has 8 heteroatoms. The molecule has 1 aliphatic rings. The Balaban J connectivity index is 1.51. The van der Waals surface area contributed by atoms with Gasteiger partial charge in [-0.1, -0.05) is 59.7 Å². The summed E-state index contributed by atoms with van der Waals surface area (Å²) in [6.07, 6.45) is 2.38. The summed E-state index contributed by atoms with van der Waals surface area (Å²) < 4.78 is 5.63. The van der Waals surface area contributed by atoms with Crippen LogP contribution in [-0.4, -0.2) is 37.8 Å². The van der Waals surface area contributed by atoms with Crippen molar-refractivity contribution in [1.29, 1.82) is 0 Å². The zero-order valence-electron chi connectivity index (χ0n) is 15.8. The van der Waals surface area contributed by atoms with Crippen LogP contribution in [0.4, 0.5) is 6.01 Å². The van der Waals surface area contributed by atoms with Gasteiger partial charge in [-0.3, -0.25) is 9.79 Å². The second-order valence-electron chi connectivity index (χ2n) is 6.70. The molecule has 1 atom stereocenters. The van der Waals surface area contributed by atoms with Gasteiger partial charge in [0.1, 0.15) is 12.0 Å². The average molecular weight is 396 g/mol. The minimum atomic E-state index is -0.855. The van der Waals surface area contributed by atoms with E-state index in [1.165, 1.54) is 6.33 Å². The standard InChI is InChI=1S/C22H16N6O2/c29-18-12-15-8-4-5-9-16(15)19(14-6-2-1-3-7-14)25-20(18)26-22-28-27-21(30-22)17-10-11-23-13-24-17/h1-11,13,20H,12H2,(H,26,28). The van der Waals surface area contributed by atoms with Crippen molar-refractivity contribution in [2.45, 2.75) is 12.6 Å². The molecular weight excluding hydrogens is 380 g/mol. The summed E-state index contributed by atoms with van der Waals surface area (Å²) >= 11 is 0. The highest BCUT2D eigenvalue weighted by Crippen LogP contribution is 2.23. The molecular formula is C22H16N6O2. The third kappa shape index (κ3) is 3.46. The van der Waals surface area contributed by atoms with Crippen molar-refractivity contribution in [3.8, 4) is 11.6 Å². The third-order valence-electron chi connectivity index (χ3n) is 4.73. The van der Waals surface area contributed by atoms with Gasteiger partial charge in [-0.2, -0.15) is 0 Å². The Morgan fingerprint density at radius 2 is 1.80 bits per heavy atom. The Labute approximate surface area is 171 Å². The van der Waals surface area contributed by atoms with Gasteiger partial charge < -0.3 is 9.73 Å². The summed E-state index contributed by atoms with van der Waals surface area (Å²) in [5, 5.41) is 11.0. The highest BCUT2D eigenvalue weighted by atomic mass is 16.4. The van der Waals surface area contributed by atoms with Crippen molar-refractivity contribution in [2.75, 3.05) is 5.32 Å². The van der Waals surface area contributed by atoms with E-state index in [1.54, 1.807) is 12.3 Å². The first-order valence-electron chi connectivity index (χ1n) is 9.38. The summed E-state index contributed by atoms with van der Waals surface area (Å²) in [6, 6.07) is 19.4. The van der Waals surface area contributed by atoms with Crippen molar-refractivity contribution in [3.63, 3.8) is 0 Å². The lowest BCUT2D eigenvalue weighted by atomic mass is 9.96. The fourth-order valence-electron chi connectivity index (χ4n) is 3.32. The van der Waals surface area contributed by atoms with E-state index in [4.69, 9.17) is 9.41 Å². The molecule has 8 nitrogen and oxygen atoms in total. The normalized spacial score (nSPS) is 15.8. The van der Waals surface area contributed by atoms with Crippen molar-refractivity contribution >= 4 is 17.5 Å². The maximum Gasteiger partial charge on any atom is 0.317 e. The smallest absolute Gasteiger partial charge is 0.317 e. The number of aromatic nitrogens is 4. The minimum absolute atomic E-state index is 0.0878. The molecule has 4 aromatic rings. The van der Waals surface area contributed by atoms with Crippen LogP contribution in [0.1, 0.15) is 16.7 Å². The topological polar surface area (TPSA) is 106 Å². The van der Waals surface area contributed by atoms with Gasteiger partial charge in [0.2, 0.25) is 0 Å². The van der Waals surface area contributed by atoms with Gasteiger partial charge in [0, 0.05) is 23.7 Å². The number of hydrogen-bond acceptors (Lipinski definition) is 8. The molecule has 1 unspecified atom stereocenters. The Hall–Kier alpha value is -4.20. The Morgan fingerprint density at radius 1 is 0.967 bits per heavy atom. The van der Waals surface area contributed by atoms with Crippen molar-refractivity contribution in [2.24, 2.45) is 4.99 Å². The fraction of sp³-hybridized carbons (Fsp3) is 0.0909. The molecule has 1 aliphatic heterocycles. The number of carbonyl (C=O) groups is 1. The summed E-state index contributed by atoms with van der Waals surface area (Å²) in [4.78, 5) is 25.7. The maximum atomic E-state index is 13.0. The lowest BCUT2D eigenvalue weighted by molar-refractivity contribution is -0.119. The summed E-state index contributed by atoms with van der Waals surface area (Å²) in [7, 11) is 0. The molecule has 0 bridgehead atoms. The van der Waals surface area contributed by atoms with Crippen LogP contribution < -0.4 is 5.32 Å². The maximum absolute atomic E-state index is 13.0. The Bertz CT molecular complexity index is 1220. The lowest BCUT2D eigenvalue weighted by Crippen LogP contribution is -2.29. The third-order valence-corrected chi connectivity index (χ3v) is 4.73. The monoisotopic (exact) mass is 396 g/mol. The van der Waals surface area contributed by atoms with Gasteiger partial charge in [0.25, 0.3) is 5.89 Å². The second kappa shape index (κ2) is 7.67. The van der Waals surface area contributed by atoms with Crippen LogP contribution in [0.2, 0.25) is 0 Å². The van der Waals surface area contributed by atoms with Crippen LogP contribution in [0.5, 0.6) is 0 Å². The number of Topliss-reactive ketones (excluding diaryl/α,β-unsaturated/α-hetero) is 1. The van der Waals surface area contributed by atoms with E-state index in [-0.39, 0.29) is 24.1 Å². The van der Waals surface area contributed by atoms with E-state index in [0.717, 1.165) is 22.4 Å². The number of aliphatic imine (C=N–C) groups is 1. The van der Waals surface area contributed by atoms with Crippen LogP contribution >= 0.6 is 0 Å². The van der Waals surface area contributed by atoms with E-state index >= 15 is 0 Å². The quantitative estimate of drug-likeness (QED) is 0.565. The number of hydrogen-bond donors (Lipinski definition) is 1. The number of fused-ring (bicyclic) bond motifs is 1. The molecule has 0 spiro atoms. The highest BCUT2D eigenvalue weighted by Gasteiger charge is 2.27. The predicted octanol–water partition coefficient (Wildman–Crippen LogP) is 2.93. The van der Waals surface area contributed by atoms with Crippen LogP contribution in [0, 0.1) is 0 Å². The molecule has 5 rings (SSSR count). The van der Waals surface area contributed by atoms with E-state index in [0.29, 0.717) is 5.69 Å². The number of nitrogens with zero attached hydrogens (tertiary/aromatic N) is 5. The fourth-order valence-corrected chi connectivity index (χ4v) is 3.32. The van der Waals surface area contributed by atoms with Gasteiger partial charge >= 0.3 is 6.01 Å². The van der Waals surface area contributed by atoms with Crippen molar-refractivity contribution < 1.29 is 9.21 Å². The van der Waals surface area contributed by atoms with Crippen molar-refractivity contribution in [1.82, 2.24) is 20.2 Å². The Morgan fingerprint density at radius 3 is 2.63 bits per heavy atom. The summed E-state index contributed by atoms with van der Waals surface area (Å²) in [6.45, 7) is 0. The largest absolute Gasteiger partial charge is 0.402 e. The van der Waals surface area contributed by atoms with Crippen LogP contribution in [0.25, 0.3) is 11.6 Å². The number of anilines is 1. The molecule has 0 fully saturated rings. The number of benzene rings is 2. The second-order valence-corrected chi connectivity index (χ2v) is 6.70. The van der Waals surface area contributed by atoms with Crippen LogP contribution in [0.15, 0.2) is 82.6 Å². The minimum Gasteiger partial charge on any atom is -0.402 e. The van der Waals surface area contributed by atoms with Gasteiger partial charge in [0.15, 0.2) is 11.9 Å². The zero-order chi connectivity index (χ0) is 20.3. The molecule has 0 amide bonds. The molecule has 0 radical (unpaired) electrons. The summed E-state index contributed by atoms with van der Waals surface area (Å²) in [5.74, 6) is 0.145. The number of rotatable bonds is 4. The van der Waals surface area contributed by atoms with Gasteiger partial charge in [-0.25, -0.2) is 9.97 Å².